The van der Waals surface area contributed by atoms with Crippen molar-refractivity contribution in [2.24, 2.45) is 0 Å². The Morgan fingerprint density at radius 1 is 1.10 bits per heavy atom. The van der Waals surface area contributed by atoms with Gasteiger partial charge in [0.05, 0.1) is 0 Å². The second-order valence-corrected chi connectivity index (χ2v) is 5.46. The van der Waals surface area contributed by atoms with Gasteiger partial charge in [0, 0.05) is 12.1 Å². The average molecular weight is 285 g/mol. The van der Waals surface area contributed by atoms with Gasteiger partial charge in [-0.3, -0.25) is 0 Å². The van der Waals surface area contributed by atoms with E-state index in [1.165, 1.54) is 17.7 Å². The largest absolute Gasteiger partial charge is 0.479 e. The first-order chi connectivity index (χ1) is 10.1. The van der Waals surface area contributed by atoms with Crippen LogP contribution in [0.25, 0.3) is 0 Å². The van der Waals surface area contributed by atoms with Gasteiger partial charge in [-0.05, 0) is 48.2 Å². The minimum absolute atomic E-state index is 0.334. The first-order valence-corrected chi connectivity index (χ1v) is 6.93. The summed E-state index contributed by atoms with van der Waals surface area (Å²) in [6.45, 7) is 0. The topological polar surface area (TPSA) is 49.3 Å². The Kier molecular flexibility index (Phi) is 3.37. The second-order valence-electron chi connectivity index (χ2n) is 5.46. The molecule has 1 unspecified atom stereocenters. The summed E-state index contributed by atoms with van der Waals surface area (Å²) in [7, 11) is 0. The quantitative estimate of drug-likeness (QED) is 0.910. The predicted octanol–water partition coefficient (Wildman–Crippen LogP) is 3.25. The van der Waals surface area contributed by atoms with Gasteiger partial charge in [-0.15, -0.1) is 0 Å². The van der Waals surface area contributed by atoms with Crippen molar-refractivity contribution < 1.29 is 14.3 Å². The van der Waals surface area contributed by atoms with Crippen LogP contribution in [0.15, 0.2) is 48.5 Å². The maximum Gasteiger partial charge on any atom is 0.329 e. The van der Waals surface area contributed by atoms with Crippen LogP contribution in [0.1, 0.15) is 17.5 Å². The average Bonchev–Trinajstić information content (AvgIpc) is 2.49. The van der Waals surface area contributed by atoms with E-state index < -0.39 is 11.5 Å². The number of benzene rings is 2. The van der Waals surface area contributed by atoms with Crippen LogP contribution in [0.4, 0.5) is 10.1 Å². The molecule has 3 rings (SSSR count). The van der Waals surface area contributed by atoms with E-state index in [0.717, 1.165) is 12.0 Å². The number of aryl methyl sites for hydroxylation is 1. The van der Waals surface area contributed by atoms with Gasteiger partial charge in [0.1, 0.15) is 11.4 Å². The number of carboxylic acid groups (broad SMARTS) is 1. The smallest absolute Gasteiger partial charge is 0.329 e. The molecule has 0 heterocycles. The molecule has 0 saturated heterocycles. The van der Waals surface area contributed by atoms with E-state index in [0.29, 0.717) is 18.5 Å². The molecule has 0 aliphatic heterocycles. The lowest BCUT2D eigenvalue weighted by molar-refractivity contribution is -0.142. The number of nitrogens with one attached hydrogen (secondary N) is 1. The van der Waals surface area contributed by atoms with Crippen molar-refractivity contribution >= 4 is 11.7 Å². The summed E-state index contributed by atoms with van der Waals surface area (Å²) in [6, 6.07) is 13.7. The summed E-state index contributed by atoms with van der Waals surface area (Å²) < 4.78 is 13.0. The van der Waals surface area contributed by atoms with Crippen molar-refractivity contribution in [3.63, 3.8) is 0 Å². The van der Waals surface area contributed by atoms with Gasteiger partial charge >= 0.3 is 5.97 Å². The fourth-order valence-corrected chi connectivity index (χ4v) is 2.89. The molecule has 4 heteroatoms. The molecule has 0 aromatic heterocycles. The number of carbonyl (C=O) groups is 1. The maximum absolute atomic E-state index is 13.0. The van der Waals surface area contributed by atoms with E-state index >= 15 is 0 Å². The Morgan fingerprint density at radius 2 is 1.76 bits per heavy atom. The molecule has 21 heavy (non-hydrogen) atoms. The summed E-state index contributed by atoms with van der Waals surface area (Å²) in [4.78, 5) is 11.8. The molecule has 1 aliphatic rings. The summed E-state index contributed by atoms with van der Waals surface area (Å²) in [5.41, 5.74) is 1.85. The second kappa shape index (κ2) is 5.20. The molecular formula is C17H16FNO2. The Hall–Kier alpha value is -2.36. The van der Waals surface area contributed by atoms with Gasteiger partial charge in [-0.2, -0.15) is 0 Å². The minimum Gasteiger partial charge on any atom is -0.479 e. The van der Waals surface area contributed by atoms with E-state index in [9.17, 15) is 14.3 Å². The van der Waals surface area contributed by atoms with Crippen molar-refractivity contribution in [3.05, 3.63) is 65.5 Å². The van der Waals surface area contributed by atoms with Crippen LogP contribution in [0.3, 0.4) is 0 Å². The number of halogens is 1. The zero-order chi connectivity index (χ0) is 14.9. The molecule has 2 aromatic rings. The molecule has 0 fully saturated rings. The Bertz CT molecular complexity index is 669. The minimum atomic E-state index is -1.04. The molecule has 0 saturated carbocycles. The van der Waals surface area contributed by atoms with E-state index in [1.54, 1.807) is 12.1 Å². The molecule has 0 radical (unpaired) electrons. The van der Waals surface area contributed by atoms with E-state index in [1.807, 2.05) is 24.3 Å². The van der Waals surface area contributed by atoms with E-state index in [2.05, 4.69) is 5.32 Å². The molecule has 0 spiro atoms. The van der Waals surface area contributed by atoms with Crippen LogP contribution in [-0.4, -0.2) is 16.6 Å². The molecule has 3 nitrogen and oxygen atoms in total. The zero-order valence-electron chi connectivity index (χ0n) is 11.5. The Morgan fingerprint density at radius 3 is 2.43 bits per heavy atom. The van der Waals surface area contributed by atoms with Gasteiger partial charge < -0.3 is 10.4 Å². The van der Waals surface area contributed by atoms with Crippen LogP contribution in [0, 0.1) is 5.82 Å². The molecule has 1 atom stereocenters. The summed E-state index contributed by atoms with van der Waals surface area (Å²) >= 11 is 0. The number of anilines is 1. The van der Waals surface area contributed by atoms with Crippen molar-refractivity contribution in [1.82, 2.24) is 0 Å². The highest BCUT2D eigenvalue weighted by atomic mass is 19.1. The lowest BCUT2D eigenvalue weighted by Gasteiger charge is -2.36. The molecule has 0 bridgehead atoms. The number of fused-ring (bicyclic) bond motifs is 1. The van der Waals surface area contributed by atoms with Crippen LogP contribution in [0.2, 0.25) is 0 Å². The van der Waals surface area contributed by atoms with Gasteiger partial charge in [0.25, 0.3) is 0 Å². The molecule has 1 aliphatic carbocycles. The SMILES string of the molecule is O=C(O)C1(Nc2ccc(F)cc2)CCc2ccccc2C1. The summed E-state index contributed by atoms with van der Waals surface area (Å²) in [5, 5.41) is 12.8. The Labute approximate surface area is 122 Å². The summed E-state index contributed by atoms with van der Waals surface area (Å²) in [5.74, 6) is -1.21. The molecular weight excluding hydrogens is 269 g/mol. The third-order valence-electron chi connectivity index (χ3n) is 4.07. The zero-order valence-corrected chi connectivity index (χ0v) is 11.5. The number of carboxylic acids is 1. The number of rotatable bonds is 3. The highest BCUT2D eigenvalue weighted by Gasteiger charge is 2.41. The standard InChI is InChI=1S/C17H16FNO2/c18-14-5-7-15(8-6-14)19-17(16(20)21)10-9-12-3-1-2-4-13(12)11-17/h1-8,19H,9-11H2,(H,20,21). The lowest BCUT2D eigenvalue weighted by Crippen LogP contribution is -2.50. The van der Waals surface area contributed by atoms with Crippen molar-refractivity contribution in [2.45, 2.75) is 24.8 Å². The van der Waals surface area contributed by atoms with Gasteiger partial charge in [0.15, 0.2) is 0 Å². The predicted molar refractivity (Wildman–Crippen MR) is 78.9 cm³/mol. The first kappa shape index (κ1) is 13.6. The third-order valence-corrected chi connectivity index (χ3v) is 4.07. The third kappa shape index (κ3) is 2.61. The van der Waals surface area contributed by atoms with E-state index in [-0.39, 0.29) is 5.82 Å². The maximum atomic E-state index is 13.0. The number of aliphatic carboxylic acids is 1. The van der Waals surface area contributed by atoms with Crippen molar-refractivity contribution in [1.29, 1.82) is 0 Å². The van der Waals surface area contributed by atoms with E-state index in [4.69, 9.17) is 0 Å². The highest BCUT2D eigenvalue weighted by Crippen LogP contribution is 2.32. The number of hydrogen-bond acceptors (Lipinski definition) is 2. The highest BCUT2D eigenvalue weighted by molar-refractivity contribution is 5.84. The monoisotopic (exact) mass is 285 g/mol. The van der Waals surface area contributed by atoms with Crippen LogP contribution in [-0.2, 0) is 17.6 Å². The van der Waals surface area contributed by atoms with Crippen molar-refractivity contribution in [3.8, 4) is 0 Å². The Balaban J connectivity index is 1.91. The fraction of sp³-hybridized carbons (Fsp3) is 0.235. The lowest BCUT2D eigenvalue weighted by atomic mass is 9.77. The molecule has 108 valence electrons. The first-order valence-electron chi connectivity index (χ1n) is 6.93. The van der Waals surface area contributed by atoms with Gasteiger partial charge in [0.2, 0.25) is 0 Å². The van der Waals surface area contributed by atoms with Crippen molar-refractivity contribution in [2.75, 3.05) is 5.32 Å². The van der Waals surface area contributed by atoms with Crippen LogP contribution >= 0.6 is 0 Å². The fourth-order valence-electron chi connectivity index (χ4n) is 2.89. The molecule has 2 aromatic carbocycles. The van der Waals surface area contributed by atoms with Gasteiger partial charge in [-0.25, -0.2) is 9.18 Å². The number of hydrogen-bond donors (Lipinski definition) is 2. The molecule has 0 amide bonds. The van der Waals surface area contributed by atoms with Crippen LogP contribution in [0.5, 0.6) is 0 Å². The molecule has 2 N–H and O–H groups in total. The normalized spacial score (nSPS) is 20.6. The van der Waals surface area contributed by atoms with Gasteiger partial charge in [-0.1, -0.05) is 24.3 Å². The van der Waals surface area contributed by atoms with Crippen LogP contribution < -0.4 is 5.32 Å². The summed E-state index contributed by atoms with van der Waals surface area (Å²) in [6.07, 6.45) is 1.66.